The molecule has 3 aromatic rings. The van der Waals surface area contributed by atoms with Crippen LogP contribution in [0.15, 0.2) is 23.1 Å². The highest BCUT2D eigenvalue weighted by Gasteiger charge is 2.21. The molecule has 0 bridgehead atoms. The van der Waals surface area contributed by atoms with Crippen LogP contribution < -0.4 is 10.5 Å². The van der Waals surface area contributed by atoms with Gasteiger partial charge in [-0.1, -0.05) is 6.07 Å². The minimum atomic E-state index is 0.342. The fourth-order valence-electron chi connectivity index (χ4n) is 2.79. The molecule has 0 aliphatic rings. The van der Waals surface area contributed by atoms with Crippen LogP contribution in [0.25, 0.3) is 16.7 Å². The van der Waals surface area contributed by atoms with Gasteiger partial charge >= 0.3 is 0 Å². The van der Waals surface area contributed by atoms with Gasteiger partial charge in [0.15, 0.2) is 10.4 Å². The average molecular weight is 372 g/mol. The number of aryl methyl sites for hydroxylation is 1. The highest BCUT2D eigenvalue weighted by atomic mass is 79.9. The van der Waals surface area contributed by atoms with E-state index >= 15 is 0 Å². The van der Waals surface area contributed by atoms with Crippen LogP contribution in [0.3, 0.4) is 0 Å². The lowest BCUT2D eigenvalue weighted by Gasteiger charge is -2.16. The second kappa shape index (κ2) is 5.56. The van der Waals surface area contributed by atoms with E-state index < -0.39 is 0 Å². The van der Waals surface area contributed by atoms with Crippen molar-refractivity contribution in [2.75, 3.05) is 12.8 Å². The van der Waals surface area contributed by atoms with E-state index in [1.807, 2.05) is 26.0 Å². The summed E-state index contributed by atoms with van der Waals surface area (Å²) in [4.78, 5) is 8.52. The first kappa shape index (κ1) is 15.3. The molecule has 2 heterocycles. The molecule has 0 unspecified atom stereocenters. The fraction of sp³-hybridized carbons (Fsp3) is 0.188. The summed E-state index contributed by atoms with van der Waals surface area (Å²) in [6.45, 7) is 3.93. The molecular weight excluding hydrogens is 358 g/mol. The summed E-state index contributed by atoms with van der Waals surface area (Å²) >= 11 is 3.28. The zero-order valence-electron chi connectivity index (χ0n) is 12.9. The molecule has 2 aromatic heterocycles. The highest BCUT2D eigenvalue weighted by molar-refractivity contribution is 9.10. The lowest BCUT2D eigenvalue weighted by Crippen LogP contribution is -2.06. The van der Waals surface area contributed by atoms with Gasteiger partial charge in [0.2, 0.25) is 0 Å². The van der Waals surface area contributed by atoms with E-state index in [0.717, 1.165) is 22.6 Å². The van der Waals surface area contributed by atoms with Crippen molar-refractivity contribution in [1.29, 1.82) is 5.26 Å². The fourth-order valence-corrected chi connectivity index (χ4v) is 3.06. The molecule has 6 nitrogen and oxygen atoms in total. The number of aromatic nitrogens is 3. The molecule has 0 aliphatic carbocycles. The van der Waals surface area contributed by atoms with Crippen molar-refractivity contribution < 1.29 is 4.74 Å². The maximum absolute atomic E-state index is 9.45. The minimum Gasteiger partial charge on any atom is -0.496 e. The number of anilines is 1. The van der Waals surface area contributed by atoms with E-state index in [4.69, 9.17) is 10.5 Å². The van der Waals surface area contributed by atoms with Gasteiger partial charge in [-0.15, -0.1) is 0 Å². The van der Waals surface area contributed by atoms with Crippen LogP contribution in [0.5, 0.6) is 5.75 Å². The summed E-state index contributed by atoms with van der Waals surface area (Å²) in [6, 6.07) is 6.00. The van der Waals surface area contributed by atoms with Crippen LogP contribution in [-0.4, -0.2) is 21.6 Å². The average Bonchev–Trinajstić information content (AvgIpc) is 2.79. The maximum atomic E-state index is 9.45. The van der Waals surface area contributed by atoms with Gasteiger partial charge in [-0.2, -0.15) is 5.26 Å². The Hall–Kier alpha value is -2.59. The number of nitrogens with two attached hydrogens (primary N) is 1. The Labute approximate surface area is 141 Å². The molecule has 0 radical (unpaired) electrons. The number of nitrogens with zero attached hydrogens (tertiary/aromatic N) is 4. The molecule has 0 fully saturated rings. The molecule has 0 amide bonds. The summed E-state index contributed by atoms with van der Waals surface area (Å²) in [7, 11) is 1.62. The standard InChI is InChI=1S/C16H14BrN5O/c1-8-4-5-12(23-3)9(2)13(8)22-14(19)10(6-18)11-7-20-16(17)21-15(11)22/h4-5,7H,19H2,1-3H3. The van der Waals surface area contributed by atoms with Crippen molar-refractivity contribution in [2.45, 2.75) is 13.8 Å². The SMILES string of the molecule is COc1ccc(C)c(-n2c(N)c(C#N)c3cnc(Br)nc32)c1C. The Kier molecular flexibility index (Phi) is 3.70. The van der Waals surface area contributed by atoms with Crippen molar-refractivity contribution in [1.82, 2.24) is 14.5 Å². The first-order valence-corrected chi connectivity index (χ1v) is 7.66. The Morgan fingerprint density at radius 3 is 2.74 bits per heavy atom. The molecule has 7 heteroatoms. The topological polar surface area (TPSA) is 89.8 Å². The highest BCUT2D eigenvalue weighted by Crippen LogP contribution is 2.35. The molecule has 2 N–H and O–H groups in total. The summed E-state index contributed by atoms with van der Waals surface area (Å²) in [6.07, 6.45) is 1.60. The van der Waals surface area contributed by atoms with Gasteiger partial charge < -0.3 is 10.5 Å². The number of halogens is 1. The van der Waals surface area contributed by atoms with E-state index in [-0.39, 0.29) is 0 Å². The number of hydrogen-bond donors (Lipinski definition) is 1. The number of methoxy groups -OCH3 is 1. The zero-order valence-corrected chi connectivity index (χ0v) is 14.5. The van der Waals surface area contributed by atoms with E-state index in [2.05, 4.69) is 32.0 Å². The molecular formula is C16H14BrN5O. The van der Waals surface area contributed by atoms with Gasteiger partial charge in [0.1, 0.15) is 23.2 Å². The lowest BCUT2D eigenvalue weighted by molar-refractivity contribution is 0.411. The molecule has 0 atom stereocenters. The largest absolute Gasteiger partial charge is 0.496 e. The number of ether oxygens (including phenoxy) is 1. The van der Waals surface area contributed by atoms with Crippen molar-refractivity contribution in [2.24, 2.45) is 0 Å². The Morgan fingerprint density at radius 1 is 1.35 bits per heavy atom. The van der Waals surface area contributed by atoms with Crippen LogP contribution in [-0.2, 0) is 0 Å². The number of benzene rings is 1. The van der Waals surface area contributed by atoms with Crippen molar-refractivity contribution >= 4 is 32.8 Å². The third-order valence-corrected chi connectivity index (χ3v) is 4.24. The van der Waals surface area contributed by atoms with E-state index in [0.29, 0.717) is 27.1 Å². The third-order valence-electron chi connectivity index (χ3n) is 3.86. The number of nitrogen functional groups attached to an aromatic ring is 1. The maximum Gasteiger partial charge on any atom is 0.198 e. The Bertz CT molecular complexity index is 971. The quantitative estimate of drug-likeness (QED) is 0.698. The summed E-state index contributed by atoms with van der Waals surface area (Å²) in [5.74, 6) is 1.09. The smallest absolute Gasteiger partial charge is 0.198 e. The summed E-state index contributed by atoms with van der Waals surface area (Å²) < 4.78 is 7.63. The number of nitriles is 1. The Morgan fingerprint density at radius 2 is 2.09 bits per heavy atom. The van der Waals surface area contributed by atoms with Crippen LogP contribution in [0, 0.1) is 25.2 Å². The van der Waals surface area contributed by atoms with E-state index in [9.17, 15) is 5.26 Å². The van der Waals surface area contributed by atoms with Crippen LogP contribution in [0.2, 0.25) is 0 Å². The zero-order chi connectivity index (χ0) is 16.7. The molecule has 1 aromatic carbocycles. The molecule has 3 rings (SSSR count). The second-order valence-electron chi connectivity index (χ2n) is 5.14. The first-order chi connectivity index (χ1) is 11.0. The number of fused-ring (bicyclic) bond motifs is 1. The predicted octanol–water partition coefficient (Wildman–Crippen LogP) is 3.26. The van der Waals surface area contributed by atoms with Crippen LogP contribution >= 0.6 is 15.9 Å². The normalized spacial score (nSPS) is 10.7. The van der Waals surface area contributed by atoms with E-state index in [1.54, 1.807) is 17.9 Å². The van der Waals surface area contributed by atoms with E-state index in [1.165, 1.54) is 0 Å². The Balaban J connectivity index is 2.49. The molecule has 0 saturated carbocycles. The van der Waals surface area contributed by atoms with Crippen molar-refractivity contribution in [3.05, 3.63) is 39.8 Å². The molecule has 116 valence electrons. The molecule has 23 heavy (non-hydrogen) atoms. The van der Waals surface area contributed by atoms with Gasteiger partial charge in [0.05, 0.1) is 18.2 Å². The van der Waals surface area contributed by atoms with Gasteiger partial charge in [-0.3, -0.25) is 4.57 Å². The van der Waals surface area contributed by atoms with Crippen LogP contribution in [0.1, 0.15) is 16.7 Å². The molecule has 0 saturated heterocycles. The van der Waals surface area contributed by atoms with Gasteiger partial charge in [-0.05, 0) is 41.4 Å². The van der Waals surface area contributed by atoms with Crippen molar-refractivity contribution in [3.8, 4) is 17.5 Å². The first-order valence-electron chi connectivity index (χ1n) is 6.86. The molecule has 0 spiro atoms. The molecule has 0 aliphatic heterocycles. The third kappa shape index (κ3) is 2.23. The predicted molar refractivity (Wildman–Crippen MR) is 91.7 cm³/mol. The lowest BCUT2D eigenvalue weighted by atomic mass is 10.1. The number of hydrogen-bond acceptors (Lipinski definition) is 5. The van der Waals surface area contributed by atoms with Gasteiger partial charge in [0, 0.05) is 11.8 Å². The van der Waals surface area contributed by atoms with Crippen LogP contribution in [0.4, 0.5) is 5.82 Å². The van der Waals surface area contributed by atoms with Crippen molar-refractivity contribution in [3.63, 3.8) is 0 Å². The van der Waals surface area contributed by atoms with Gasteiger partial charge in [0.25, 0.3) is 0 Å². The monoisotopic (exact) mass is 371 g/mol. The summed E-state index contributed by atoms with van der Waals surface area (Å²) in [5, 5.41) is 10.1. The summed E-state index contributed by atoms with van der Waals surface area (Å²) in [5.41, 5.74) is 10.00. The minimum absolute atomic E-state index is 0.342. The number of rotatable bonds is 2. The van der Waals surface area contributed by atoms with Gasteiger partial charge in [-0.25, -0.2) is 9.97 Å². The second-order valence-corrected chi connectivity index (χ2v) is 5.85.